The topological polar surface area (TPSA) is 76.7 Å². The van der Waals surface area contributed by atoms with Gasteiger partial charge >= 0.3 is 6.09 Å². The highest BCUT2D eigenvalue weighted by Crippen LogP contribution is 2.06. The van der Waals surface area contributed by atoms with Gasteiger partial charge in [-0.15, -0.1) is 0 Å². The summed E-state index contributed by atoms with van der Waals surface area (Å²) in [5.74, 6) is -0.112. The Hall–Kier alpha value is -1.30. The molecule has 0 aromatic carbocycles. The van der Waals surface area contributed by atoms with Gasteiger partial charge in [0, 0.05) is 13.1 Å². The Labute approximate surface area is 121 Å². The second-order valence-corrected chi connectivity index (χ2v) is 5.85. The minimum Gasteiger partial charge on any atom is -0.444 e. The zero-order valence-corrected chi connectivity index (χ0v) is 13.2. The van der Waals surface area contributed by atoms with E-state index in [-0.39, 0.29) is 18.6 Å². The summed E-state index contributed by atoms with van der Waals surface area (Å²) in [6.45, 7) is 10.4. The molecule has 2 N–H and O–H groups in total. The van der Waals surface area contributed by atoms with Crippen molar-refractivity contribution >= 4 is 12.0 Å². The number of hydrogen-bond acceptors (Lipinski definition) is 4. The van der Waals surface area contributed by atoms with Gasteiger partial charge in [-0.2, -0.15) is 0 Å². The third-order valence-electron chi connectivity index (χ3n) is 2.14. The highest BCUT2D eigenvalue weighted by Gasteiger charge is 2.15. The van der Waals surface area contributed by atoms with Crippen LogP contribution in [0.25, 0.3) is 0 Å². The van der Waals surface area contributed by atoms with Gasteiger partial charge < -0.3 is 20.1 Å². The lowest BCUT2D eigenvalue weighted by Crippen LogP contribution is -2.33. The van der Waals surface area contributed by atoms with E-state index in [1.165, 1.54) is 0 Å². The Morgan fingerprint density at radius 2 is 1.60 bits per heavy atom. The predicted molar refractivity (Wildman–Crippen MR) is 77.6 cm³/mol. The second-order valence-electron chi connectivity index (χ2n) is 5.85. The summed E-state index contributed by atoms with van der Waals surface area (Å²) < 4.78 is 10.3. The van der Waals surface area contributed by atoms with Crippen LogP contribution in [0.3, 0.4) is 0 Å². The average Bonchev–Trinajstić information content (AvgIpc) is 2.28. The quantitative estimate of drug-likeness (QED) is 0.668. The van der Waals surface area contributed by atoms with Crippen LogP contribution in [0.2, 0.25) is 0 Å². The summed E-state index contributed by atoms with van der Waals surface area (Å²) in [7, 11) is 0. The van der Waals surface area contributed by atoms with Gasteiger partial charge in [-0.3, -0.25) is 4.79 Å². The lowest BCUT2D eigenvalue weighted by atomic mass is 10.2. The molecule has 0 unspecified atom stereocenters. The molecule has 20 heavy (non-hydrogen) atoms. The number of hydrogen-bond donors (Lipinski definition) is 2. The van der Waals surface area contributed by atoms with Gasteiger partial charge in [-0.05, 0) is 47.5 Å². The van der Waals surface area contributed by atoms with E-state index >= 15 is 0 Å². The van der Waals surface area contributed by atoms with E-state index < -0.39 is 11.7 Å². The molecule has 6 nitrogen and oxygen atoms in total. The highest BCUT2D eigenvalue weighted by atomic mass is 16.6. The molecule has 0 aliphatic carbocycles. The van der Waals surface area contributed by atoms with Gasteiger partial charge in [0.1, 0.15) is 12.2 Å². The highest BCUT2D eigenvalue weighted by molar-refractivity contribution is 5.77. The molecule has 0 saturated heterocycles. The fourth-order valence-corrected chi connectivity index (χ4v) is 1.28. The molecule has 0 aliphatic rings. The van der Waals surface area contributed by atoms with Crippen LogP contribution in [-0.2, 0) is 14.3 Å². The molecule has 0 saturated carbocycles. The van der Waals surface area contributed by atoms with Crippen molar-refractivity contribution in [1.82, 2.24) is 10.6 Å². The van der Waals surface area contributed by atoms with Gasteiger partial charge in [-0.1, -0.05) is 0 Å². The van der Waals surface area contributed by atoms with Crippen LogP contribution in [0.15, 0.2) is 0 Å². The molecule has 0 fully saturated rings. The monoisotopic (exact) mass is 288 g/mol. The summed E-state index contributed by atoms with van der Waals surface area (Å²) in [6, 6.07) is 0. The number of unbranched alkanes of at least 4 members (excludes halogenated alkanes) is 1. The predicted octanol–water partition coefficient (Wildman–Crippen LogP) is 1.83. The summed E-state index contributed by atoms with van der Waals surface area (Å²) >= 11 is 0. The molecule has 0 aromatic heterocycles. The van der Waals surface area contributed by atoms with Crippen molar-refractivity contribution < 1.29 is 19.1 Å². The van der Waals surface area contributed by atoms with E-state index in [2.05, 4.69) is 10.6 Å². The van der Waals surface area contributed by atoms with Crippen molar-refractivity contribution in [3.63, 3.8) is 0 Å². The van der Waals surface area contributed by atoms with Crippen molar-refractivity contribution in [3.05, 3.63) is 0 Å². The maximum Gasteiger partial charge on any atom is 0.407 e. The number of nitrogens with one attached hydrogen (secondary N) is 2. The number of ether oxygens (including phenoxy) is 2. The first-order valence-corrected chi connectivity index (χ1v) is 7.06. The maximum atomic E-state index is 11.3. The van der Waals surface area contributed by atoms with Crippen molar-refractivity contribution in [2.24, 2.45) is 0 Å². The molecule has 6 heteroatoms. The first-order chi connectivity index (χ1) is 9.20. The van der Waals surface area contributed by atoms with Crippen molar-refractivity contribution in [2.75, 3.05) is 19.7 Å². The third kappa shape index (κ3) is 13.1. The first kappa shape index (κ1) is 18.7. The van der Waals surface area contributed by atoms with Crippen LogP contribution < -0.4 is 10.6 Å². The summed E-state index contributed by atoms with van der Waals surface area (Å²) in [4.78, 5) is 22.6. The van der Waals surface area contributed by atoms with E-state index in [4.69, 9.17) is 9.47 Å². The van der Waals surface area contributed by atoms with E-state index in [9.17, 15) is 9.59 Å². The number of alkyl carbamates (subject to hydrolysis) is 1. The second kappa shape index (κ2) is 9.58. The maximum absolute atomic E-state index is 11.3. The van der Waals surface area contributed by atoms with E-state index in [1.54, 1.807) is 0 Å². The number of carbonyl (C=O) groups excluding carboxylic acids is 2. The normalized spacial score (nSPS) is 11.3. The molecule has 0 aliphatic heterocycles. The fourth-order valence-electron chi connectivity index (χ4n) is 1.28. The first-order valence-electron chi connectivity index (χ1n) is 7.06. The smallest absolute Gasteiger partial charge is 0.407 e. The molecule has 0 bridgehead atoms. The van der Waals surface area contributed by atoms with Crippen LogP contribution in [0.4, 0.5) is 4.79 Å². The zero-order chi connectivity index (χ0) is 15.6. The lowest BCUT2D eigenvalue weighted by molar-refractivity contribution is -0.127. The van der Waals surface area contributed by atoms with Gasteiger partial charge in [-0.25, -0.2) is 4.79 Å². The molecular formula is C14H28N2O4. The largest absolute Gasteiger partial charge is 0.444 e. The van der Waals surface area contributed by atoms with Crippen LogP contribution >= 0.6 is 0 Å². The zero-order valence-electron chi connectivity index (χ0n) is 13.2. The average molecular weight is 288 g/mol. The fraction of sp³-hybridized carbons (Fsp3) is 0.857. The Kier molecular flexibility index (Phi) is 8.96. The van der Waals surface area contributed by atoms with E-state index in [1.807, 2.05) is 34.6 Å². The van der Waals surface area contributed by atoms with Crippen LogP contribution in [0.5, 0.6) is 0 Å². The summed E-state index contributed by atoms with van der Waals surface area (Å²) in [5, 5.41) is 5.43. The minimum absolute atomic E-state index is 0.0544. The molecule has 0 spiro atoms. The Morgan fingerprint density at radius 1 is 1.05 bits per heavy atom. The molecule has 0 atom stereocenters. The van der Waals surface area contributed by atoms with Gasteiger partial charge in [0.15, 0.2) is 0 Å². The third-order valence-corrected chi connectivity index (χ3v) is 2.14. The van der Waals surface area contributed by atoms with Crippen molar-refractivity contribution in [3.8, 4) is 0 Å². The molecule has 0 rings (SSSR count). The number of carbonyl (C=O) groups is 2. The Morgan fingerprint density at radius 3 is 2.10 bits per heavy atom. The van der Waals surface area contributed by atoms with Crippen LogP contribution in [-0.4, -0.2) is 43.4 Å². The molecular weight excluding hydrogens is 260 g/mol. The van der Waals surface area contributed by atoms with Crippen molar-refractivity contribution in [1.29, 1.82) is 0 Å². The van der Waals surface area contributed by atoms with Crippen LogP contribution in [0, 0.1) is 0 Å². The van der Waals surface area contributed by atoms with Crippen LogP contribution in [0.1, 0.15) is 47.5 Å². The Bertz CT molecular complexity index is 298. The standard InChI is InChI=1S/C14H28N2O4/c1-11(2)19-10-12(17)15-8-6-7-9-16-13(18)20-14(3,4)5/h11H,6-10H2,1-5H3,(H,15,17)(H,16,18). The summed E-state index contributed by atoms with van der Waals surface area (Å²) in [6.07, 6.45) is 1.22. The number of amides is 2. The van der Waals surface area contributed by atoms with Gasteiger partial charge in [0.05, 0.1) is 6.10 Å². The lowest BCUT2D eigenvalue weighted by Gasteiger charge is -2.19. The van der Waals surface area contributed by atoms with Gasteiger partial charge in [0.25, 0.3) is 0 Å². The van der Waals surface area contributed by atoms with E-state index in [0.29, 0.717) is 13.1 Å². The molecule has 0 aromatic rings. The molecule has 0 radical (unpaired) electrons. The minimum atomic E-state index is -0.478. The summed E-state index contributed by atoms with van der Waals surface area (Å²) in [5.41, 5.74) is -0.478. The van der Waals surface area contributed by atoms with Gasteiger partial charge in [0.2, 0.25) is 5.91 Å². The Balaban J connectivity index is 3.45. The molecule has 0 heterocycles. The van der Waals surface area contributed by atoms with E-state index in [0.717, 1.165) is 12.8 Å². The van der Waals surface area contributed by atoms with Crippen molar-refractivity contribution in [2.45, 2.75) is 59.2 Å². The SMILES string of the molecule is CC(C)OCC(=O)NCCCCNC(=O)OC(C)(C)C. The molecule has 118 valence electrons. The number of rotatable bonds is 8. The molecule has 2 amide bonds.